The van der Waals surface area contributed by atoms with E-state index in [4.69, 9.17) is 0 Å². The Morgan fingerprint density at radius 3 is 2.37 bits per heavy atom. The van der Waals surface area contributed by atoms with Gasteiger partial charge < -0.3 is 5.32 Å². The van der Waals surface area contributed by atoms with Crippen molar-refractivity contribution in [1.82, 2.24) is 30.0 Å². The maximum atomic E-state index is 12.8. The van der Waals surface area contributed by atoms with Crippen LogP contribution in [0.3, 0.4) is 0 Å². The zero-order chi connectivity index (χ0) is 18.8. The van der Waals surface area contributed by atoms with Crippen LogP contribution in [0.4, 0.5) is 5.69 Å². The third-order valence-electron chi connectivity index (χ3n) is 4.26. The lowest BCUT2D eigenvalue weighted by molar-refractivity contribution is 0.102. The number of carbonyl (C=O) groups is 1. The molecule has 0 unspecified atom stereocenters. The van der Waals surface area contributed by atoms with Crippen LogP contribution in [0, 0.1) is 13.8 Å². The first kappa shape index (κ1) is 16.6. The fourth-order valence-corrected chi connectivity index (χ4v) is 2.96. The molecule has 0 bridgehead atoms. The number of nitrogens with one attached hydrogen (secondary N) is 1. The number of hydrogen-bond acceptors (Lipinski definition) is 5. The van der Waals surface area contributed by atoms with Gasteiger partial charge in [0, 0.05) is 5.69 Å². The molecule has 2 aromatic carbocycles. The van der Waals surface area contributed by atoms with Gasteiger partial charge in [-0.05, 0) is 60.7 Å². The second-order valence-corrected chi connectivity index (χ2v) is 6.05. The Bertz CT molecular complexity index is 1070. The average Bonchev–Trinajstić information content (AvgIpc) is 3.31. The minimum atomic E-state index is -0.192. The van der Waals surface area contributed by atoms with Crippen molar-refractivity contribution < 1.29 is 4.79 Å². The average molecular weight is 359 g/mol. The summed E-state index contributed by atoms with van der Waals surface area (Å²) < 4.78 is 3.33. The number of rotatable bonds is 4. The third kappa shape index (κ3) is 3.20. The number of benzene rings is 2. The molecule has 134 valence electrons. The molecule has 4 aromatic rings. The van der Waals surface area contributed by atoms with Gasteiger partial charge >= 0.3 is 0 Å². The van der Waals surface area contributed by atoms with E-state index >= 15 is 0 Å². The highest BCUT2D eigenvalue weighted by Gasteiger charge is 2.19. The van der Waals surface area contributed by atoms with E-state index in [1.165, 1.54) is 6.33 Å². The first-order chi connectivity index (χ1) is 13.1. The van der Waals surface area contributed by atoms with Crippen molar-refractivity contribution in [3.63, 3.8) is 0 Å². The first-order valence-electron chi connectivity index (χ1n) is 8.40. The van der Waals surface area contributed by atoms with E-state index in [0.29, 0.717) is 16.9 Å². The minimum absolute atomic E-state index is 0.192. The molecule has 0 aliphatic carbocycles. The molecular formula is C19H17N7O. The predicted molar refractivity (Wildman–Crippen MR) is 100 cm³/mol. The second-order valence-electron chi connectivity index (χ2n) is 6.05. The summed E-state index contributed by atoms with van der Waals surface area (Å²) in [4.78, 5) is 12.8. The van der Waals surface area contributed by atoms with Gasteiger partial charge in [-0.15, -0.1) is 5.10 Å². The van der Waals surface area contributed by atoms with Gasteiger partial charge in [-0.1, -0.05) is 18.2 Å². The summed E-state index contributed by atoms with van der Waals surface area (Å²) in [6, 6.07) is 17.0. The molecule has 2 heterocycles. The fourth-order valence-electron chi connectivity index (χ4n) is 2.96. The smallest absolute Gasteiger partial charge is 0.259 e. The Morgan fingerprint density at radius 1 is 0.963 bits per heavy atom. The molecule has 4 rings (SSSR count). The standard InChI is InChI=1S/C19H17N7O/c1-13-18(14(2)26(22-13)17-6-4-3-5-7-17)19(27)21-15-8-10-16(11-9-15)25-12-20-23-24-25/h3-12H,1-2H3,(H,21,27). The summed E-state index contributed by atoms with van der Waals surface area (Å²) in [6.07, 6.45) is 1.51. The van der Waals surface area contributed by atoms with Gasteiger partial charge in [-0.2, -0.15) is 5.10 Å². The molecule has 8 nitrogen and oxygen atoms in total. The van der Waals surface area contributed by atoms with Gasteiger partial charge in [0.25, 0.3) is 5.91 Å². The lowest BCUT2D eigenvalue weighted by atomic mass is 10.1. The number of amides is 1. The normalized spacial score (nSPS) is 10.7. The molecule has 0 fully saturated rings. The number of anilines is 1. The minimum Gasteiger partial charge on any atom is -0.322 e. The Morgan fingerprint density at radius 2 is 1.70 bits per heavy atom. The van der Waals surface area contributed by atoms with Crippen LogP contribution in [-0.4, -0.2) is 35.9 Å². The molecule has 1 amide bonds. The quantitative estimate of drug-likeness (QED) is 0.605. The number of nitrogens with zero attached hydrogens (tertiary/aromatic N) is 6. The molecule has 8 heteroatoms. The van der Waals surface area contributed by atoms with Gasteiger partial charge in [0.2, 0.25) is 0 Å². The van der Waals surface area contributed by atoms with E-state index in [2.05, 4.69) is 25.9 Å². The van der Waals surface area contributed by atoms with Crippen molar-refractivity contribution in [2.24, 2.45) is 0 Å². The molecule has 0 spiro atoms. The number of hydrogen-bond donors (Lipinski definition) is 1. The Labute approximate surface area is 155 Å². The maximum Gasteiger partial charge on any atom is 0.259 e. The van der Waals surface area contributed by atoms with Crippen LogP contribution >= 0.6 is 0 Å². The monoisotopic (exact) mass is 359 g/mol. The molecule has 1 N–H and O–H groups in total. The van der Waals surface area contributed by atoms with Gasteiger partial charge in [0.05, 0.1) is 28.3 Å². The van der Waals surface area contributed by atoms with Crippen molar-refractivity contribution in [2.45, 2.75) is 13.8 Å². The number of aromatic nitrogens is 6. The highest BCUT2D eigenvalue weighted by Crippen LogP contribution is 2.20. The molecule has 0 aliphatic rings. The number of para-hydroxylation sites is 1. The van der Waals surface area contributed by atoms with Crippen LogP contribution in [0.5, 0.6) is 0 Å². The zero-order valence-electron chi connectivity index (χ0n) is 14.9. The maximum absolute atomic E-state index is 12.8. The molecule has 27 heavy (non-hydrogen) atoms. The Hall–Kier alpha value is -3.81. The van der Waals surface area contributed by atoms with Gasteiger partial charge in [0.15, 0.2) is 0 Å². The largest absolute Gasteiger partial charge is 0.322 e. The van der Waals surface area contributed by atoms with Gasteiger partial charge in [-0.25, -0.2) is 9.36 Å². The van der Waals surface area contributed by atoms with Crippen LogP contribution in [0.25, 0.3) is 11.4 Å². The van der Waals surface area contributed by atoms with Crippen LogP contribution in [0.15, 0.2) is 60.9 Å². The summed E-state index contributed by atoms with van der Waals surface area (Å²) in [6.45, 7) is 3.73. The molecule has 0 atom stereocenters. The highest BCUT2D eigenvalue weighted by atomic mass is 16.1. The van der Waals surface area contributed by atoms with Crippen molar-refractivity contribution in [3.05, 3.63) is 77.9 Å². The summed E-state index contributed by atoms with van der Waals surface area (Å²) in [5, 5.41) is 18.5. The first-order valence-corrected chi connectivity index (χ1v) is 8.40. The summed E-state index contributed by atoms with van der Waals surface area (Å²) in [5.41, 5.74) is 4.46. The lowest BCUT2D eigenvalue weighted by Gasteiger charge is -2.07. The van der Waals surface area contributed by atoms with Crippen LogP contribution in [0.1, 0.15) is 21.7 Å². The van der Waals surface area contributed by atoms with E-state index in [1.54, 1.807) is 21.5 Å². The molecule has 0 saturated carbocycles. The van der Waals surface area contributed by atoms with Crippen LogP contribution in [-0.2, 0) is 0 Å². The Kier molecular flexibility index (Phi) is 4.21. The summed E-state index contributed by atoms with van der Waals surface area (Å²) >= 11 is 0. The second kappa shape index (κ2) is 6.83. The molecular weight excluding hydrogens is 342 g/mol. The van der Waals surface area contributed by atoms with Crippen molar-refractivity contribution in [3.8, 4) is 11.4 Å². The van der Waals surface area contributed by atoms with Crippen molar-refractivity contribution in [1.29, 1.82) is 0 Å². The summed E-state index contributed by atoms with van der Waals surface area (Å²) in [7, 11) is 0. The van der Waals surface area contributed by atoms with Gasteiger partial charge in [0.1, 0.15) is 6.33 Å². The number of aryl methyl sites for hydroxylation is 1. The van der Waals surface area contributed by atoms with E-state index in [9.17, 15) is 4.79 Å². The van der Waals surface area contributed by atoms with E-state index < -0.39 is 0 Å². The van der Waals surface area contributed by atoms with Crippen molar-refractivity contribution in [2.75, 3.05) is 5.32 Å². The lowest BCUT2D eigenvalue weighted by Crippen LogP contribution is -2.14. The fraction of sp³-hybridized carbons (Fsp3) is 0.105. The van der Waals surface area contributed by atoms with E-state index in [-0.39, 0.29) is 5.91 Å². The van der Waals surface area contributed by atoms with Crippen LogP contribution in [0.2, 0.25) is 0 Å². The van der Waals surface area contributed by atoms with Gasteiger partial charge in [-0.3, -0.25) is 4.79 Å². The molecule has 2 aromatic heterocycles. The molecule has 0 aliphatic heterocycles. The SMILES string of the molecule is Cc1nn(-c2ccccc2)c(C)c1C(=O)Nc1ccc(-n2cnnn2)cc1. The zero-order valence-corrected chi connectivity index (χ0v) is 14.9. The number of carbonyl (C=O) groups excluding carboxylic acids is 1. The molecule has 0 radical (unpaired) electrons. The molecule has 0 saturated heterocycles. The third-order valence-corrected chi connectivity index (χ3v) is 4.26. The summed E-state index contributed by atoms with van der Waals surface area (Å²) in [5.74, 6) is -0.192. The Balaban J connectivity index is 1.58. The van der Waals surface area contributed by atoms with E-state index in [0.717, 1.165) is 17.1 Å². The van der Waals surface area contributed by atoms with E-state index in [1.807, 2.05) is 56.3 Å². The van der Waals surface area contributed by atoms with Crippen LogP contribution < -0.4 is 5.32 Å². The topological polar surface area (TPSA) is 90.5 Å². The predicted octanol–water partition coefficient (Wildman–Crippen LogP) is 2.72. The highest BCUT2D eigenvalue weighted by molar-refractivity contribution is 6.06. The van der Waals surface area contributed by atoms with Crippen molar-refractivity contribution >= 4 is 11.6 Å². The number of tetrazole rings is 1.